The number of ether oxygens (including phenoxy) is 1. The maximum absolute atomic E-state index is 14.0. The molecule has 1 amide bonds. The van der Waals surface area contributed by atoms with Crippen molar-refractivity contribution in [2.45, 2.75) is 19.2 Å². The Labute approximate surface area is 161 Å². The van der Waals surface area contributed by atoms with Crippen LogP contribution in [0.4, 0.5) is 23.2 Å². The number of aromatic nitrogens is 1. The quantitative estimate of drug-likeness (QED) is 0.218. The number of benzene rings is 1. The normalized spacial score (nSPS) is 12.4. The predicted molar refractivity (Wildman–Crippen MR) is 93.7 cm³/mol. The van der Waals surface area contributed by atoms with Gasteiger partial charge in [0.05, 0.1) is 5.56 Å². The molecule has 1 atom stereocenters. The first kappa shape index (κ1) is 21.6. The Balaban J connectivity index is 2.15. The summed E-state index contributed by atoms with van der Waals surface area (Å²) < 4.78 is 56.7. The van der Waals surface area contributed by atoms with E-state index in [1.807, 2.05) is 6.07 Å². The highest BCUT2D eigenvalue weighted by molar-refractivity contribution is 6.02. The van der Waals surface area contributed by atoms with Crippen molar-refractivity contribution in [3.8, 4) is 6.07 Å². The Kier molecular flexibility index (Phi) is 7.05. The van der Waals surface area contributed by atoms with E-state index in [4.69, 9.17) is 16.7 Å². The maximum atomic E-state index is 14.0. The number of carbonyl (C=O) groups excluding carboxylic acids is 1. The van der Waals surface area contributed by atoms with Crippen LogP contribution < -0.4 is 16.8 Å². The molecule has 1 heterocycles. The number of carbonyl (C=O) groups is 1. The molecule has 0 aliphatic rings. The van der Waals surface area contributed by atoms with Crippen LogP contribution in [-0.2, 0) is 11.2 Å². The van der Waals surface area contributed by atoms with E-state index in [0.717, 1.165) is 12.1 Å². The molecule has 0 saturated heterocycles. The molecule has 0 aliphatic carbocycles. The molecule has 5 N–H and O–H groups in total. The number of hydrogen-bond acceptors (Lipinski definition) is 6. The first-order valence-corrected chi connectivity index (χ1v) is 7.88. The van der Waals surface area contributed by atoms with E-state index in [1.165, 1.54) is 18.3 Å². The van der Waals surface area contributed by atoms with Gasteiger partial charge < -0.3 is 15.8 Å². The highest BCUT2D eigenvalue weighted by Gasteiger charge is 2.17. The van der Waals surface area contributed by atoms with Crippen LogP contribution in [0.3, 0.4) is 0 Å². The third kappa shape index (κ3) is 6.15. The molecule has 2 aromatic rings. The van der Waals surface area contributed by atoms with Crippen molar-refractivity contribution in [2.24, 2.45) is 16.5 Å². The fourth-order valence-electron chi connectivity index (χ4n) is 2.20. The molecule has 0 radical (unpaired) electrons. The Morgan fingerprint density at radius 2 is 2.07 bits per heavy atom. The Morgan fingerprint density at radius 1 is 1.34 bits per heavy atom. The zero-order chi connectivity index (χ0) is 21.6. The van der Waals surface area contributed by atoms with Gasteiger partial charge in [0.25, 0.3) is 11.9 Å². The summed E-state index contributed by atoms with van der Waals surface area (Å²) in [4.78, 5) is 18.6. The van der Waals surface area contributed by atoms with Gasteiger partial charge in [-0.25, -0.2) is 13.8 Å². The van der Waals surface area contributed by atoms with Gasteiger partial charge in [-0.15, -0.1) is 0 Å². The number of aliphatic imine (C=N–C) groups is 1. The SMILES string of the molecule is N#Cc1ccc(C(=O)Nc2cc(F)c(F)c(CC(N)O/C(N)=N\C(F)F)c2)nc1. The van der Waals surface area contributed by atoms with Gasteiger partial charge in [-0.3, -0.25) is 10.5 Å². The lowest BCUT2D eigenvalue weighted by molar-refractivity contribution is 0.102. The first-order valence-electron chi connectivity index (χ1n) is 7.88. The molecule has 0 bridgehead atoms. The molecule has 0 aliphatic heterocycles. The Bertz CT molecular complexity index is 960. The molecule has 12 heteroatoms. The zero-order valence-corrected chi connectivity index (χ0v) is 14.6. The van der Waals surface area contributed by atoms with Crippen molar-refractivity contribution >= 4 is 17.6 Å². The van der Waals surface area contributed by atoms with Crippen LogP contribution in [0.15, 0.2) is 35.5 Å². The smallest absolute Gasteiger partial charge is 0.336 e. The predicted octanol–water partition coefficient (Wildman–Crippen LogP) is 1.86. The van der Waals surface area contributed by atoms with E-state index in [9.17, 15) is 22.4 Å². The van der Waals surface area contributed by atoms with Gasteiger partial charge in [0.2, 0.25) is 0 Å². The molecule has 1 unspecified atom stereocenters. The van der Waals surface area contributed by atoms with Crippen molar-refractivity contribution in [2.75, 3.05) is 5.32 Å². The topological polar surface area (TPSA) is 139 Å². The molecule has 1 aromatic carbocycles. The van der Waals surface area contributed by atoms with Gasteiger partial charge in [0, 0.05) is 24.4 Å². The summed E-state index contributed by atoms with van der Waals surface area (Å²) in [5.41, 5.74) is 10.4. The number of amides is 1. The van der Waals surface area contributed by atoms with Gasteiger partial charge in [-0.2, -0.15) is 19.0 Å². The minimum absolute atomic E-state index is 0.0636. The first-order chi connectivity index (χ1) is 13.7. The average Bonchev–Trinajstić information content (AvgIpc) is 2.64. The number of pyridine rings is 1. The molecule has 8 nitrogen and oxygen atoms in total. The van der Waals surface area contributed by atoms with E-state index in [2.05, 4.69) is 20.0 Å². The number of rotatable bonds is 6. The van der Waals surface area contributed by atoms with Gasteiger partial charge >= 0.3 is 6.55 Å². The number of nitriles is 1. The van der Waals surface area contributed by atoms with E-state index in [1.54, 1.807) is 0 Å². The molecule has 0 saturated carbocycles. The molecule has 0 fully saturated rings. The van der Waals surface area contributed by atoms with Crippen LogP contribution >= 0.6 is 0 Å². The highest BCUT2D eigenvalue weighted by Crippen LogP contribution is 2.21. The van der Waals surface area contributed by atoms with Crippen LogP contribution in [0.25, 0.3) is 0 Å². The largest absolute Gasteiger partial charge is 0.446 e. The lowest BCUT2D eigenvalue weighted by Crippen LogP contribution is -2.33. The summed E-state index contributed by atoms with van der Waals surface area (Å²) in [5, 5.41) is 11.0. The lowest BCUT2D eigenvalue weighted by Gasteiger charge is -2.15. The van der Waals surface area contributed by atoms with Gasteiger partial charge in [0.1, 0.15) is 11.8 Å². The van der Waals surface area contributed by atoms with Crippen molar-refractivity contribution in [1.82, 2.24) is 4.98 Å². The van der Waals surface area contributed by atoms with Crippen LogP contribution in [-0.4, -0.2) is 29.7 Å². The van der Waals surface area contributed by atoms with Crippen molar-refractivity contribution in [3.63, 3.8) is 0 Å². The van der Waals surface area contributed by atoms with Gasteiger partial charge in [-0.1, -0.05) is 0 Å². The number of alkyl halides is 2. The van der Waals surface area contributed by atoms with Crippen LogP contribution in [0.2, 0.25) is 0 Å². The number of anilines is 1. The van der Waals surface area contributed by atoms with Crippen LogP contribution in [0.1, 0.15) is 21.6 Å². The fourth-order valence-corrected chi connectivity index (χ4v) is 2.20. The molecule has 1 aromatic heterocycles. The van der Waals surface area contributed by atoms with E-state index >= 15 is 0 Å². The molecular weight excluding hydrogens is 396 g/mol. The minimum atomic E-state index is -3.12. The second-order valence-corrected chi connectivity index (χ2v) is 5.53. The molecular formula is C17H14F4N6O2. The number of hydrogen-bond donors (Lipinski definition) is 3. The third-order valence-corrected chi connectivity index (χ3v) is 3.40. The number of nitrogens with two attached hydrogens (primary N) is 2. The Hall–Kier alpha value is -3.72. The average molecular weight is 410 g/mol. The summed E-state index contributed by atoms with van der Waals surface area (Å²) in [5.74, 6) is -3.28. The molecule has 2 rings (SSSR count). The summed E-state index contributed by atoms with van der Waals surface area (Å²) >= 11 is 0. The summed E-state index contributed by atoms with van der Waals surface area (Å²) in [6.07, 6.45) is -0.688. The molecule has 152 valence electrons. The zero-order valence-electron chi connectivity index (χ0n) is 14.6. The second-order valence-electron chi connectivity index (χ2n) is 5.53. The van der Waals surface area contributed by atoms with E-state index in [0.29, 0.717) is 0 Å². The van der Waals surface area contributed by atoms with Gasteiger partial charge in [0.15, 0.2) is 17.9 Å². The maximum Gasteiger partial charge on any atom is 0.336 e. The fraction of sp³-hybridized carbons (Fsp3) is 0.176. The van der Waals surface area contributed by atoms with Crippen LogP contribution in [0, 0.1) is 23.0 Å². The summed E-state index contributed by atoms with van der Waals surface area (Å²) in [7, 11) is 0. The summed E-state index contributed by atoms with van der Waals surface area (Å²) in [6, 6.07) is 5.39. The van der Waals surface area contributed by atoms with Crippen molar-refractivity contribution in [1.29, 1.82) is 5.26 Å². The van der Waals surface area contributed by atoms with Crippen molar-refractivity contribution in [3.05, 3.63) is 58.9 Å². The number of amidine groups is 1. The number of nitrogens with one attached hydrogen (secondary N) is 1. The second kappa shape index (κ2) is 9.47. The third-order valence-electron chi connectivity index (χ3n) is 3.40. The van der Waals surface area contributed by atoms with Crippen LogP contribution in [0.5, 0.6) is 0 Å². The standard InChI is InChI=1S/C17H14F4N6O2/c18-11-5-10(26-15(28)12-2-1-8(6-22)7-25-12)3-9(14(11)19)4-13(23)29-17(24)27-16(20)21/h1-3,5,7,13,16H,4,23H2,(H2,24,27)(H,26,28). The van der Waals surface area contributed by atoms with E-state index < -0.39 is 42.8 Å². The molecule has 0 spiro atoms. The lowest BCUT2D eigenvalue weighted by atomic mass is 10.1. The minimum Gasteiger partial charge on any atom is -0.446 e. The summed E-state index contributed by atoms with van der Waals surface area (Å²) in [6.45, 7) is -3.12. The number of halogens is 4. The van der Waals surface area contributed by atoms with E-state index in [-0.39, 0.29) is 22.5 Å². The Morgan fingerprint density at radius 3 is 2.66 bits per heavy atom. The molecule has 29 heavy (non-hydrogen) atoms. The van der Waals surface area contributed by atoms with Gasteiger partial charge in [-0.05, 0) is 23.8 Å². The van der Waals surface area contributed by atoms with Crippen molar-refractivity contribution < 1.29 is 27.1 Å². The monoisotopic (exact) mass is 410 g/mol. The number of nitrogens with zero attached hydrogens (tertiary/aromatic N) is 3. The highest BCUT2D eigenvalue weighted by atomic mass is 19.3.